The molecule has 2 atom stereocenters. The van der Waals surface area contributed by atoms with Crippen LogP contribution in [0.2, 0.25) is 0 Å². The predicted molar refractivity (Wildman–Crippen MR) is 87.9 cm³/mol. The van der Waals surface area contributed by atoms with Crippen LogP contribution in [0.1, 0.15) is 25.8 Å². The molecule has 2 unspecified atom stereocenters. The number of rotatable bonds is 5. The molecule has 2 aromatic carbocycles. The van der Waals surface area contributed by atoms with Crippen molar-refractivity contribution in [2.75, 3.05) is 7.05 Å². The van der Waals surface area contributed by atoms with Crippen LogP contribution in [-0.2, 0) is 11.3 Å². The van der Waals surface area contributed by atoms with Gasteiger partial charge < -0.3 is 10.6 Å². The monoisotopic (exact) mass is 284 g/mol. The number of hydrogen-bond acceptors (Lipinski definition) is 2. The van der Waals surface area contributed by atoms with Gasteiger partial charge in [0.15, 0.2) is 0 Å². The lowest BCUT2D eigenvalue weighted by Crippen LogP contribution is -2.45. The first kappa shape index (κ1) is 15.5. The zero-order chi connectivity index (χ0) is 15.4. The molecule has 21 heavy (non-hydrogen) atoms. The summed E-state index contributed by atoms with van der Waals surface area (Å²) in [6.07, 6.45) is 0.913. The van der Waals surface area contributed by atoms with Gasteiger partial charge in [-0.1, -0.05) is 56.7 Å². The number of amides is 1. The van der Waals surface area contributed by atoms with E-state index in [4.69, 9.17) is 5.73 Å². The minimum atomic E-state index is -0.416. The molecule has 0 radical (unpaired) electrons. The standard InChI is InChI=1S/C18H24N2O/c1-4-13(2)17(19)18(21)20(3)12-14-9-10-15-7-5-6-8-16(15)11-14/h5-11,13,17H,4,12,19H2,1-3H3. The van der Waals surface area contributed by atoms with Crippen molar-refractivity contribution in [1.29, 1.82) is 0 Å². The van der Waals surface area contributed by atoms with Gasteiger partial charge in [0.1, 0.15) is 0 Å². The van der Waals surface area contributed by atoms with E-state index in [1.54, 1.807) is 4.90 Å². The summed E-state index contributed by atoms with van der Waals surface area (Å²) in [5.41, 5.74) is 7.15. The Morgan fingerprint density at radius 3 is 2.52 bits per heavy atom. The summed E-state index contributed by atoms with van der Waals surface area (Å²) >= 11 is 0. The second kappa shape index (κ2) is 6.72. The van der Waals surface area contributed by atoms with Crippen molar-refractivity contribution in [2.24, 2.45) is 11.7 Å². The lowest BCUT2D eigenvalue weighted by atomic mass is 9.99. The van der Waals surface area contributed by atoms with E-state index in [0.717, 1.165) is 12.0 Å². The van der Waals surface area contributed by atoms with Crippen molar-refractivity contribution in [3.63, 3.8) is 0 Å². The van der Waals surface area contributed by atoms with Gasteiger partial charge in [0.25, 0.3) is 0 Å². The van der Waals surface area contributed by atoms with Crippen LogP contribution in [0.5, 0.6) is 0 Å². The molecule has 2 rings (SSSR count). The summed E-state index contributed by atoms with van der Waals surface area (Å²) in [6.45, 7) is 4.67. The molecule has 0 fully saturated rings. The Morgan fingerprint density at radius 2 is 1.86 bits per heavy atom. The fourth-order valence-electron chi connectivity index (χ4n) is 2.44. The van der Waals surface area contributed by atoms with Crippen molar-refractivity contribution in [2.45, 2.75) is 32.9 Å². The van der Waals surface area contributed by atoms with Gasteiger partial charge in [0.05, 0.1) is 6.04 Å². The van der Waals surface area contributed by atoms with Crippen molar-refractivity contribution in [3.05, 3.63) is 48.0 Å². The van der Waals surface area contributed by atoms with E-state index in [1.165, 1.54) is 10.8 Å². The van der Waals surface area contributed by atoms with Gasteiger partial charge in [-0.05, 0) is 28.3 Å². The maximum absolute atomic E-state index is 12.3. The van der Waals surface area contributed by atoms with Crippen LogP contribution >= 0.6 is 0 Å². The topological polar surface area (TPSA) is 46.3 Å². The molecule has 3 heteroatoms. The summed E-state index contributed by atoms with van der Waals surface area (Å²) < 4.78 is 0. The first-order valence-corrected chi connectivity index (χ1v) is 7.51. The molecule has 0 aliphatic carbocycles. The Bertz CT molecular complexity index is 623. The number of nitrogens with zero attached hydrogens (tertiary/aromatic N) is 1. The Balaban J connectivity index is 2.10. The van der Waals surface area contributed by atoms with Crippen molar-refractivity contribution < 1.29 is 4.79 Å². The molecular weight excluding hydrogens is 260 g/mol. The Morgan fingerprint density at radius 1 is 1.19 bits per heavy atom. The van der Waals surface area contributed by atoms with Crippen molar-refractivity contribution in [3.8, 4) is 0 Å². The summed E-state index contributed by atoms with van der Waals surface area (Å²) in [5.74, 6) is 0.217. The minimum absolute atomic E-state index is 0.0116. The van der Waals surface area contributed by atoms with Crippen molar-refractivity contribution >= 4 is 16.7 Å². The van der Waals surface area contributed by atoms with Crippen LogP contribution in [-0.4, -0.2) is 23.9 Å². The quantitative estimate of drug-likeness (QED) is 0.916. The number of hydrogen-bond donors (Lipinski definition) is 1. The van der Waals surface area contributed by atoms with Gasteiger partial charge in [-0.25, -0.2) is 0 Å². The smallest absolute Gasteiger partial charge is 0.239 e. The predicted octanol–water partition coefficient (Wildman–Crippen LogP) is 3.17. The van der Waals surface area contributed by atoms with E-state index in [0.29, 0.717) is 6.54 Å². The van der Waals surface area contributed by atoms with Gasteiger partial charge >= 0.3 is 0 Å². The highest BCUT2D eigenvalue weighted by Gasteiger charge is 2.22. The van der Waals surface area contributed by atoms with Gasteiger partial charge in [-0.2, -0.15) is 0 Å². The Kier molecular flexibility index (Phi) is 4.97. The molecule has 0 heterocycles. The maximum Gasteiger partial charge on any atom is 0.239 e. The van der Waals surface area contributed by atoms with Crippen LogP contribution in [0, 0.1) is 5.92 Å². The van der Waals surface area contributed by atoms with Gasteiger partial charge in [-0.3, -0.25) is 4.79 Å². The highest BCUT2D eigenvalue weighted by Crippen LogP contribution is 2.17. The van der Waals surface area contributed by atoms with E-state index in [-0.39, 0.29) is 11.8 Å². The molecule has 3 nitrogen and oxygen atoms in total. The minimum Gasteiger partial charge on any atom is -0.340 e. The molecule has 1 amide bonds. The van der Waals surface area contributed by atoms with Crippen LogP contribution in [0.4, 0.5) is 0 Å². The van der Waals surface area contributed by atoms with Crippen LogP contribution < -0.4 is 5.73 Å². The van der Waals surface area contributed by atoms with E-state index in [2.05, 4.69) is 37.3 Å². The molecule has 0 spiro atoms. The lowest BCUT2D eigenvalue weighted by Gasteiger charge is -2.24. The molecule has 0 aromatic heterocycles. The molecule has 0 saturated carbocycles. The lowest BCUT2D eigenvalue weighted by molar-refractivity contribution is -0.132. The molecular formula is C18H24N2O. The third-order valence-corrected chi connectivity index (χ3v) is 4.15. The highest BCUT2D eigenvalue weighted by molar-refractivity contribution is 5.84. The van der Waals surface area contributed by atoms with E-state index >= 15 is 0 Å². The van der Waals surface area contributed by atoms with E-state index < -0.39 is 6.04 Å². The fraction of sp³-hybridized carbons (Fsp3) is 0.389. The Hall–Kier alpha value is -1.87. The number of likely N-dealkylation sites (N-methyl/N-ethyl adjacent to an activating group) is 1. The third-order valence-electron chi connectivity index (χ3n) is 4.15. The van der Waals surface area contributed by atoms with Gasteiger partial charge in [0, 0.05) is 13.6 Å². The first-order valence-electron chi connectivity index (χ1n) is 7.51. The van der Waals surface area contributed by atoms with Gasteiger partial charge in [0.2, 0.25) is 5.91 Å². The van der Waals surface area contributed by atoms with Crippen LogP contribution in [0.25, 0.3) is 10.8 Å². The summed E-state index contributed by atoms with van der Waals surface area (Å²) in [5, 5.41) is 2.41. The SMILES string of the molecule is CCC(C)C(N)C(=O)N(C)Cc1ccc2ccccc2c1. The van der Waals surface area contributed by atoms with Crippen LogP contribution in [0.3, 0.4) is 0 Å². The van der Waals surface area contributed by atoms with E-state index in [9.17, 15) is 4.79 Å². The molecule has 0 aliphatic heterocycles. The molecule has 2 aromatic rings. The second-order valence-electron chi connectivity index (χ2n) is 5.79. The normalized spacial score (nSPS) is 13.9. The van der Waals surface area contributed by atoms with Crippen molar-refractivity contribution in [1.82, 2.24) is 4.90 Å². The number of benzene rings is 2. The van der Waals surface area contributed by atoms with Gasteiger partial charge in [-0.15, -0.1) is 0 Å². The number of carbonyl (C=O) groups excluding carboxylic acids is 1. The first-order chi connectivity index (χ1) is 10.0. The second-order valence-corrected chi connectivity index (χ2v) is 5.79. The average Bonchev–Trinajstić information content (AvgIpc) is 2.52. The molecule has 2 N–H and O–H groups in total. The number of fused-ring (bicyclic) bond motifs is 1. The maximum atomic E-state index is 12.3. The Labute approximate surface area is 126 Å². The fourth-order valence-corrected chi connectivity index (χ4v) is 2.44. The average molecular weight is 284 g/mol. The summed E-state index contributed by atoms with van der Waals surface area (Å²) in [4.78, 5) is 14.0. The van der Waals surface area contributed by atoms with E-state index in [1.807, 2.05) is 26.1 Å². The zero-order valence-electron chi connectivity index (χ0n) is 13.0. The number of carbonyl (C=O) groups is 1. The summed E-state index contributed by atoms with van der Waals surface area (Å²) in [7, 11) is 1.82. The van der Waals surface area contributed by atoms with Crippen LogP contribution in [0.15, 0.2) is 42.5 Å². The largest absolute Gasteiger partial charge is 0.340 e. The molecule has 0 saturated heterocycles. The molecule has 112 valence electrons. The highest BCUT2D eigenvalue weighted by atomic mass is 16.2. The third kappa shape index (κ3) is 3.61. The summed E-state index contributed by atoms with van der Waals surface area (Å²) in [6, 6.07) is 14.1. The molecule has 0 bridgehead atoms. The number of nitrogens with two attached hydrogens (primary N) is 1. The molecule has 0 aliphatic rings. The zero-order valence-corrected chi connectivity index (χ0v) is 13.0.